The summed E-state index contributed by atoms with van der Waals surface area (Å²) in [7, 11) is 0. The first-order valence-corrected chi connectivity index (χ1v) is 11.0. The van der Waals surface area contributed by atoms with Gasteiger partial charge >= 0.3 is 5.97 Å². The molecule has 1 aromatic carbocycles. The lowest BCUT2D eigenvalue weighted by molar-refractivity contribution is -0.136. The summed E-state index contributed by atoms with van der Waals surface area (Å²) in [5.41, 5.74) is 2.87. The van der Waals surface area contributed by atoms with Gasteiger partial charge in [-0.3, -0.25) is 0 Å². The van der Waals surface area contributed by atoms with Gasteiger partial charge in [0.15, 0.2) is 0 Å². The van der Waals surface area contributed by atoms with E-state index in [2.05, 4.69) is 45.0 Å². The SMILES string of the molecule is CCCCCc1cc(OC(=O)[C@H](CO)N=O)c2c(c1)OC(C)(C)[C@@H]1CCC(C)=CC21. The second kappa shape index (κ2) is 9.29. The molecule has 0 saturated carbocycles. The Morgan fingerprint density at radius 1 is 1.37 bits per heavy atom. The largest absolute Gasteiger partial charge is 0.487 e. The van der Waals surface area contributed by atoms with E-state index in [4.69, 9.17) is 9.47 Å². The number of hydrogen-bond donors (Lipinski definition) is 1. The van der Waals surface area contributed by atoms with Gasteiger partial charge in [-0.1, -0.05) is 36.6 Å². The summed E-state index contributed by atoms with van der Waals surface area (Å²) in [5, 5.41) is 12.0. The van der Waals surface area contributed by atoms with E-state index in [1.165, 1.54) is 5.57 Å². The van der Waals surface area contributed by atoms with Gasteiger partial charge in [-0.05, 0) is 64.2 Å². The highest BCUT2D eigenvalue weighted by Gasteiger charge is 2.45. The van der Waals surface area contributed by atoms with Crippen molar-refractivity contribution in [1.29, 1.82) is 0 Å². The maximum Gasteiger partial charge on any atom is 0.342 e. The third kappa shape index (κ3) is 4.59. The normalized spacial score (nSPS) is 22.8. The highest BCUT2D eigenvalue weighted by molar-refractivity contribution is 5.79. The van der Waals surface area contributed by atoms with Crippen molar-refractivity contribution in [3.05, 3.63) is 39.8 Å². The predicted molar refractivity (Wildman–Crippen MR) is 116 cm³/mol. The molecular formula is C24H33NO5. The van der Waals surface area contributed by atoms with Crippen LogP contribution >= 0.6 is 0 Å². The molecule has 1 N–H and O–H groups in total. The molecule has 0 fully saturated rings. The summed E-state index contributed by atoms with van der Waals surface area (Å²) in [6.07, 6.45) is 8.41. The summed E-state index contributed by atoms with van der Waals surface area (Å²) in [4.78, 5) is 23.4. The number of aliphatic hydroxyl groups excluding tert-OH is 1. The Balaban J connectivity index is 2.07. The maximum absolute atomic E-state index is 12.5. The number of unbranched alkanes of at least 4 members (excludes halogenated alkanes) is 2. The van der Waals surface area contributed by atoms with Gasteiger partial charge in [-0.25, -0.2) is 4.79 Å². The summed E-state index contributed by atoms with van der Waals surface area (Å²) < 4.78 is 12.1. The first-order valence-electron chi connectivity index (χ1n) is 11.0. The molecular weight excluding hydrogens is 382 g/mol. The van der Waals surface area contributed by atoms with Crippen molar-refractivity contribution < 1.29 is 19.4 Å². The third-order valence-corrected chi connectivity index (χ3v) is 6.36. The van der Waals surface area contributed by atoms with Crippen LogP contribution in [-0.4, -0.2) is 29.3 Å². The van der Waals surface area contributed by atoms with E-state index in [1.807, 2.05) is 6.07 Å². The van der Waals surface area contributed by atoms with Gasteiger partial charge in [0.2, 0.25) is 6.04 Å². The number of rotatable bonds is 8. The molecule has 6 nitrogen and oxygen atoms in total. The molecule has 30 heavy (non-hydrogen) atoms. The average Bonchev–Trinajstić information content (AvgIpc) is 2.68. The van der Waals surface area contributed by atoms with Gasteiger partial charge in [0.25, 0.3) is 0 Å². The van der Waals surface area contributed by atoms with Crippen molar-refractivity contribution >= 4 is 5.97 Å². The minimum absolute atomic E-state index is 0.0711. The average molecular weight is 416 g/mol. The highest BCUT2D eigenvalue weighted by Crippen LogP contribution is 2.53. The second-order valence-corrected chi connectivity index (χ2v) is 9.08. The molecule has 1 aliphatic carbocycles. The standard InChI is InChI=1S/C24H33NO5/c1-5-6-7-8-16-12-20(29-23(27)19(14-26)25-28)22-17-11-15(2)9-10-18(17)24(3,4)30-21(22)13-16/h11-13,17-19,26H,5-10,14H2,1-4H3/t17?,18-,19+/m1/s1. The quantitative estimate of drug-likeness (QED) is 0.211. The molecule has 1 aliphatic heterocycles. The zero-order valence-electron chi connectivity index (χ0n) is 18.4. The van der Waals surface area contributed by atoms with Crippen molar-refractivity contribution in [1.82, 2.24) is 0 Å². The fraction of sp³-hybridized carbons (Fsp3) is 0.625. The van der Waals surface area contributed by atoms with Crippen LogP contribution in [0.4, 0.5) is 0 Å². The topological polar surface area (TPSA) is 85.2 Å². The molecule has 0 bridgehead atoms. The number of nitroso groups, excluding NO2 is 1. The van der Waals surface area contributed by atoms with Gasteiger partial charge < -0.3 is 14.6 Å². The molecule has 6 heteroatoms. The van der Waals surface area contributed by atoms with Crippen LogP contribution in [0.5, 0.6) is 11.5 Å². The summed E-state index contributed by atoms with van der Waals surface area (Å²) in [6.45, 7) is 7.85. The second-order valence-electron chi connectivity index (χ2n) is 9.08. The van der Waals surface area contributed by atoms with Crippen molar-refractivity contribution in [2.75, 3.05) is 6.61 Å². The van der Waals surface area contributed by atoms with E-state index in [-0.39, 0.29) is 17.4 Å². The van der Waals surface area contributed by atoms with Crippen molar-refractivity contribution in [3.63, 3.8) is 0 Å². The van der Waals surface area contributed by atoms with Crippen LogP contribution in [0.2, 0.25) is 0 Å². The predicted octanol–water partition coefficient (Wildman–Crippen LogP) is 5.06. The fourth-order valence-electron chi connectivity index (χ4n) is 4.70. The molecule has 3 atom stereocenters. The van der Waals surface area contributed by atoms with Crippen LogP contribution in [0.15, 0.2) is 29.0 Å². The fourth-order valence-corrected chi connectivity index (χ4v) is 4.70. The number of allylic oxidation sites excluding steroid dienone is 2. The Morgan fingerprint density at radius 2 is 2.13 bits per heavy atom. The van der Waals surface area contributed by atoms with Crippen molar-refractivity contribution in [2.24, 2.45) is 11.1 Å². The Morgan fingerprint density at radius 3 is 2.80 bits per heavy atom. The summed E-state index contributed by atoms with van der Waals surface area (Å²) in [6, 6.07) is 2.53. The monoisotopic (exact) mass is 415 g/mol. The zero-order chi connectivity index (χ0) is 21.9. The molecule has 1 unspecified atom stereocenters. The number of nitrogens with zero attached hydrogens (tertiary/aromatic N) is 1. The van der Waals surface area contributed by atoms with Gasteiger partial charge in [0.1, 0.15) is 17.1 Å². The minimum Gasteiger partial charge on any atom is -0.487 e. The van der Waals surface area contributed by atoms with Gasteiger partial charge in [0.05, 0.1) is 6.61 Å². The molecule has 1 aromatic rings. The Labute approximate surface area is 178 Å². The van der Waals surface area contributed by atoms with Gasteiger partial charge in [-0.2, -0.15) is 0 Å². The van der Waals surface area contributed by atoms with Crippen LogP contribution in [0.3, 0.4) is 0 Å². The van der Waals surface area contributed by atoms with Crippen molar-refractivity contribution in [3.8, 4) is 11.5 Å². The Hall–Kier alpha value is -2.21. The summed E-state index contributed by atoms with van der Waals surface area (Å²) >= 11 is 0. The van der Waals surface area contributed by atoms with Crippen molar-refractivity contribution in [2.45, 2.75) is 83.8 Å². The number of esters is 1. The van der Waals surface area contributed by atoms with Gasteiger partial charge in [0, 0.05) is 17.4 Å². The molecule has 0 amide bonds. The molecule has 3 rings (SSSR count). The molecule has 0 radical (unpaired) electrons. The van der Waals surface area contributed by atoms with E-state index in [0.29, 0.717) is 5.75 Å². The van der Waals surface area contributed by atoms with Crippen LogP contribution < -0.4 is 9.47 Å². The molecule has 2 aliphatic rings. The lowest BCUT2D eigenvalue weighted by Crippen LogP contribution is -2.45. The van der Waals surface area contributed by atoms with Crippen LogP contribution in [0, 0.1) is 10.8 Å². The Kier molecular flexibility index (Phi) is 6.96. The van der Waals surface area contributed by atoms with Crippen LogP contribution in [0.25, 0.3) is 0 Å². The number of hydrogen-bond acceptors (Lipinski definition) is 6. The number of carbonyl (C=O) groups excluding carboxylic acids is 1. The molecule has 1 heterocycles. The molecule has 164 valence electrons. The van der Waals surface area contributed by atoms with E-state index < -0.39 is 18.6 Å². The first kappa shape index (κ1) is 22.5. The van der Waals surface area contributed by atoms with Crippen LogP contribution in [0.1, 0.15) is 76.8 Å². The third-order valence-electron chi connectivity index (χ3n) is 6.36. The van der Waals surface area contributed by atoms with Gasteiger partial charge in [-0.15, -0.1) is 4.91 Å². The molecule has 0 aromatic heterocycles. The van der Waals surface area contributed by atoms with E-state index in [0.717, 1.165) is 55.4 Å². The minimum atomic E-state index is -1.43. The lowest BCUT2D eigenvalue weighted by atomic mass is 9.68. The van der Waals surface area contributed by atoms with E-state index in [1.54, 1.807) is 0 Å². The maximum atomic E-state index is 12.5. The Bertz CT molecular complexity index is 829. The smallest absolute Gasteiger partial charge is 0.342 e. The summed E-state index contributed by atoms with van der Waals surface area (Å²) in [5.74, 6) is 0.654. The number of aryl methyl sites for hydroxylation is 1. The van der Waals surface area contributed by atoms with Crippen LogP contribution in [-0.2, 0) is 11.2 Å². The van der Waals surface area contributed by atoms with E-state index >= 15 is 0 Å². The number of benzene rings is 1. The first-order chi connectivity index (χ1) is 14.3. The molecule has 0 spiro atoms. The molecule has 0 saturated heterocycles. The number of fused-ring (bicyclic) bond motifs is 3. The zero-order valence-corrected chi connectivity index (χ0v) is 18.4. The number of carbonyl (C=O) groups is 1. The van der Waals surface area contributed by atoms with E-state index in [9.17, 15) is 14.8 Å². The number of aliphatic hydroxyl groups is 1. The number of ether oxygens (including phenoxy) is 2. The lowest BCUT2D eigenvalue weighted by Gasteiger charge is -2.46. The highest BCUT2D eigenvalue weighted by atomic mass is 16.5.